The first-order chi connectivity index (χ1) is 10.1. The first kappa shape index (κ1) is 20.4. The number of anilines is 1. The SMILES string of the molecule is CC(C(=O)NC1CCN(c2cccc(Cl)c2)C1)C1CNC1.Cl.Cl. The van der Waals surface area contributed by atoms with Crippen LogP contribution in [0.3, 0.4) is 0 Å². The van der Waals surface area contributed by atoms with Gasteiger partial charge in [-0.15, -0.1) is 24.8 Å². The molecule has 3 rings (SSSR count). The average molecular weight is 381 g/mol. The average Bonchev–Trinajstić information content (AvgIpc) is 2.85. The second-order valence-electron chi connectivity index (χ2n) is 6.13. The number of carbonyl (C=O) groups is 1. The van der Waals surface area contributed by atoms with Crippen LogP contribution in [-0.2, 0) is 4.79 Å². The number of hydrogen-bond acceptors (Lipinski definition) is 3. The fourth-order valence-electron chi connectivity index (χ4n) is 3.00. The molecule has 2 unspecified atom stereocenters. The predicted octanol–water partition coefficient (Wildman–Crippen LogP) is 2.73. The molecule has 2 N–H and O–H groups in total. The molecule has 2 atom stereocenters. The molecule has 0 spiro atoms. The number of benzene rings is 1. The Morgan fingerprint density at radius 3 is 2.74 bits per heavy atom. The molecule has 2 heterocycles. The maximum Gasteiger partial charge on any atom is 0.223 e. The van der Waals surface area contributed by atoms with Crippen LogP contribution in [-0.4, -0.2) is 38.1 Å². The third-order valence-electron chi connectivity index (χ3n) is 4.64. The Kier molecular flexibility index (Phi) is 7.95. The van der Waals surface area contributed by atoms with Gasteiger partial charge in [0.1, 0.15) is 0 Å². The van der Waals surface area contributed by atoms with E-state index in [-0.39, 0.29) is 42.7 Å². The number of halogens is 3. The monoisotopic (exact) mass is 379 g/mol. The number of amides is 1. The molecular weight excluding hydrogens is 357 g/mol. The minimum atomic E-state index is 0. The van der Waals surface area contributed by atoms with E-state index in [4.69, 9.17) is 11.6 Å². The zero-order valence-corrected chi connectivity index (χ0v) is 15.5. The lowest BCUT2D eigenvalue weighted by atomic mass is 9.88. The van der Waals surface area contributed by atoms with Crippen LogP contribution in [0.5, 0.6) is 0 Å². The van der Waals surface area contributed by atoms with E-state index >= 15 is 0 Å². The van der Waals surface area contributed by atoms with Crippen molar-refractivity contribution in [2.24, 2.45) is 11.8 Å². The highest BCUT2D eigenvalue weighted by molar-refractivity contribution is 6.30. The van der Waals surface area contributed by atoms with E-state index in [1.54, 1.807) is 0 Å². The van der Waals surface area contributed by atoms with Crippen LogP contribution in [0.2, 0.25) is 5.02 Å². The van der Waals surface area contributed by atoms with Crippen molar-refractivity contribution in [1.82, 2.24) is 10.6 Å². The largest absolute Gasteiger partial charge is 0.369 e. The molecule has 0 radical (unpaired) electrons. The molecule has 2 aliphatic heterocycles. The van der Waals surface area contributed by atoms with E-state index in [9.17, 15) is 4.79 Å². The molecule has 1 aromatic rings. The molecule has 0 aliphatic carbocycles. The van der Waals surface area contributed by atoms with Crippen LogP contribution in [0.4, 0.5) is 5.69 Å². The van der Waals surface area contributed by atoms with Crippen molar-refractivity contribution >= 4 is 48.0 Å². The van der Waals surface area contributed by atoms with Gasteiger partial charge in [-0.1, -0.05) is 24.6 Å². The van der Waals surface area contributed by atoms with Gasteiger partial charge in [0, 0.05) is 35.8 Å². The van der Waals surface area contributed by atoms with Crippen molar-refractivity contribution in [2.45, 2.75) is 19.4 Å². The lowest BCUT2D eigenvalue weighted by molar-refractivity contribution is -0.127. The fraction of sp³-hybridized carbons (Fsp3) is 0.562. The number of hydrogen-bond donors (Lipinski definition) is 2. The maximum absolute atomic E-state index is 12.3. The van der Waals surface area contributed by atoms with Crippen LogP contribution in [0.1, 0.15) is 13.3 Å². The van der Waals surface area contributed by atoms with Crippen molar-refractivity contribution in [3.8, 4) is 0 Å². The molecule has 130 valence electrons. The summed E-state index contributed by atoms with van der Waals surface area (Å²) in [5.41, 5.74) is 1.13. The second kappa shape index (κ2) is 8.97. The van der Waals surface area contributed by atoms with Gasteiger partial charge >= 0.3 is 0 Å². The van der Waals surface area contributed by atoms with Crippen molar-refractivity contribution < 1.29 is 4.79 Å². The molecule has 0 aromatic heterocycles. The molecular formula is C16H24Cl3N3O. The van der Waals surface area contributed by atoms with Gasteiger partial charge < -0.3 is 15.5 Å². The summed E-state index contributed by atoms with van der Waals surface area (Å²) >= 11 is 6.04. The number of nitrogens with one attached hydrogen (secondary N) is 2. The van der Waals surface area contributed by atoms with E-state index in [0.717, 1.165) is 43.3 Å². The quantitative estimate of drug-likeness (QED) is 0.844. The molecule has 1 aromatic carbocycles. The summed E-state index contributed by atoms with van der Waals surface area (Å²) in [6.45, 7) is 5.79. The molecule has 0 bridgehead atoms. The maximum atomic E-state index is 12.3. The lowest BCUT2D eigenvalue weighted by Gasteiger charge is -2.32. The Morgan fingerprint density at radius 1 is 1.39 bits per heavy atom. The Bertz CT molecular complexity index is 525. The van der Waals surface area contributed by atoms with Crippen LogP contribution in [0, 0.1) is 11.8 Å². The zero-order valence-electron chi connectivity index (χ0n) is 13.1. The summed E-state index contributed by atoms with van der Waals surface area (Å²) in [6.07, 6.45) is 0.994. The number of carbonyl (C=O) groups excluding carboxylic acids is 1. The molecule has 0 saturated carbocycles. The van der Waals surface area contributed by atoms with E-state index in [2.05, 4.69) is 21.6 Å². The minimum Gasteiger partial charge on any atom is -0.369 e. The van der Waals surface area contributed by atoms with Crippen LogP contribution >= 0.6 is 36.4 Å². The van der Waals surface area contributed by atoms with Crippen molar-refractivity contribution in [3.63, 3.8) is 0 Å². The van der Waals surface area contributed by atoms with Crippen LogP contribution in [0.25, 0.3) is 0 Å². The van der Waals surface area contributed by atoms with Gasteiger partial charge in [-0.25, -0.2) is 0 Å². The van der Waals surface area contributed by atoms with Crippen LogP contribution < -0.4 is 15.5 Å². The summed E-state index contributed by atoms with van der Waals surface area (Å²) in [5, 5.41) is 7.18. The van der Waals surface area contributed by atoms with E-state index < -0.39 is 0 Å². The lowest BCUT2D eigenvalue weighted by Crippen LogP contribution is -2.51. The summed E-state index contributed by atoms with van der Waals surface area (Å²) in [6, 6.07) is 8.14. The summed E-state index contributed by atoms with van der Waals surface area (Å²) in [7, 11) is 0. The summed E-state index contributed by atoms with van der Waals surface area (Å²) in [5.74, 6) is 0.793. The van der Waals surface area contributed by atoms with Crippen molar-refractivity contribution in [1.29, 1.82) is 0 Å². The highest BCUT2D eigenvalue weighted by Gasteiger charge is 2.31. The number of rotatable bonds is 4. The van der Waals surface area contributed by atoms with Gasteiger partial charge in [0.2, 0.25) is 5.91 Å². The molecule has 2 saturated heterocycles. The Morgan fingerprint density at radius 2 is 2.13 bits per heavy atom. The molecule has 7 heteroatoms. The topological polar surface area (TPSA) is 44.4 Å². The van der Waals surface area contributed by atoms with Gasteiger partial charge in [-0.2, -0.15) is 0 Å². The summed E-state index contributed by atoms with van der Waals surface area (Å²) < 4.78 is 0. The van der Waals surface area contributed by atoms with Gasteiger partial charge in [-0.05, 0) is 43.6 Å². The zero-order chi connectivity index (χ0) is 14.8. The van der Waals surface area contributed by atoms with Gasteiger partial charge in [0.05, 0.1) is 0 Å². The Labute approximate surface area is 155 Å². The molecule has 2 fully saturated rings. The first-order valence-corrected chi connectivity index (χ1v) is 8.03. The minimum absolute atomic E-state index is 0. The van der Waals surface area contributed by atoms with Gasteiger partial charge in [-0.3, -0.25) is 4.79 Å². The van der Waals surface area contributed by atoms with Crippen molar-refractivity contribution in [2.75, 3.05) is 31.1 Å². The summed E-state index contributed by atoms with van der Waals surface area (Å²) in [4.78, 5) is 14.5. The van der Waals surface area contributed by atoms with Crippen LogP contribution in [0.15, 0.2) is 24.3 Å². The standard InChI is InChI=1S/C16H22ClN3O.2ClH/c1-11(12-8-18-9-12)16(21)19-14-5-6-20(10-14)15-4-2-3-13(17)7-15;;/h2-4,7,11-12,14,18H,5-6,8-10H2,1H3,(H,19,21);2*1H. The Hall–Kier alpha value is -0.680. The molecule has 23 heavy (non-hydrogen) atoms. The second-order valence-corrected chi connectivity index (χ2v) is 6.56. The van der Waals surface area contributed by atoms with Gasteiger partial charge in [0.15, 0.2) is 0 Å². The smallest absolute Gasteiger partial charge is 0.223 e. The Balaban J connectivity index is 0.00000132. The first-order valence-electron chi connectivity index (χ1n) is 7.65. The van der Waals surface area contributed by atoms with E-state index in [1.807, 2.05) is 25.1 Å². The van der Waals surface area contributed by atoms with E-state index in [1.165, 1.54) is 0 Å². The van der Waals surface area contributed by atoms with E-state index in [0.29, 0.717) is 5.92 Å². The molecule has 2 aliphatic rings. The van der Waals surface area contributed by atoms with Crippen molar-refractivity contribution in [3.05, 3.63) is 29.3 Å². The third kappa shape index (κ3) is 4.90. The molecule has 1 amide bonds. The predicted molar refractivity (Wildman–Crippen MR) is 100 cm³/mol. The fourth-order valence-corrected chi connectivity index (χ4v) is 3.18. The normalized spacial score (nSPS) is 21.7. The van der Waals surface area contributed by atoms with Gasteiger partial charge in [0.25, 0.3) is 0 Å². The highest BCUT2D eigenvalue weighted by Crippen LogP contribution is 2.24. The highest BCUT2D eigenvalue weighted by atomic mass is 35.5. The molecule has 4 nitrogen and oxygen atoms in total. The number of nitrogens with zero attached hydrogens (tertiary/aromatic N) is 1. The third-order valence-corrected chi connectivity index (χ3v) is 4.88.